The van der Waals surface area contributed by atoms with Crippen LogP contribution in [0, 0.1) is 0 Å². The van der Waals surface area contributed by atoms with E-state index in [0.29, 0.717) is 18.1 Å². The number of likely N-dealkylation sites (tertiary alicyclic amines) is 1. The van der Waals surface area contributed by atoms with Gasteiger partial charge in [-0.25, -0.2) is 9.59 Å². The van der Waals surface area contributed by atoms with Gasteiger partial charge >= 0.3 is 18.2 Å². The fourth-order valence-electron chi connectivity index (χ4n) is 6.05. The average molecular weight is 523 g/mol. The van der Waals surface area contributed by atoms with Crippen molar-refractivity contribution in [3.05, 3.63) is 35.9 Å². The molecule has 0 bridgehead atoms. The molecule has 2 N–H and O–H groups in total. The van der Waals surface area contributed by atoms with Crippen molar-refractivity contribution in [1.29, 1.82) is 0 Å². The van der Waals surface area contributed by atoms with Crippen LogP contribution in [0.4, 0.5) is 18.0 Å². The van der Waals surface area contributed by atoms with E-state index in [1.54, 1.807) is 0 Å². The average Bonchev–Trinajstić information content (AvgIpc) is 3.06. The van der Waals surface area contributed by atoms with E-state index in [0.717, 1.165) is 44.6 Å². The normalized spacial score (nSPS) is 28.5. The van der Waals surface area contributed by atoms with Crippen molar-refractivity contribution in [2.75, 3.05) is 6.54 Å². The minimum atomic E-state index is -5.08. The smallest absolute Gasteiger partial charge is 0.475 e. The van der Waals surface area contributed by atoms with Crippen LogP contribution in [0.2, 0.25) is 0 Å². The predicted octanol–water partition coefficient (Wildman–Crippen LogP) is 5.35. The van der Waals surface area contributed by atoms with Gasteiger partial charge in [0, 0.05) is 25.2 Å². The maximum atomic E-state index is 13.1. The second-order valence-corrected chi connectivity index (χ2v) is 10.7. The molecule has 4 aliphatic rings. The molecular weight excluding hydrogens is 485 g/mol. The van der Waals surface area contributed by atoms with Gasteiger partial charge in [-0.2, -0.15) is 13.2 Å². The number of carboxylic acid groups (broad SMARTS) is 1. The van der Waals surface area contributed by atoms with Crippen molar-refractivity contribution in [3.8, 4) is 0 Å². The molecule has 1 spiro atoms. The van der Waals surface area contributed by atoms with E-state index < -0.39 is 12.1 Å². The highest BCUT2D eigenvalue weighted by Gasteiger charge is 2.56. The summed E-state index contributed by atoms with van der Waals surface area (Å²) in [6, 6.07) is 12.1. The Kier molecular flexibility index (Phi) is 8.46. The Labute approximate surface area is 216 Å². The van der Waals surface area contributed by atoms with Gasteiger partial charge in [0.05, 0.1) is 6.04 Å². The van der Waals surface area contributed by atoms with E-state index in [-0.39, 0.29) is 11.6 Å². The first kappa shape index (κ1) is 27.4. The topological polar surface area (TPSA) is 85.2 Å². The molecule has 0 radical (unpaired) electrons. The number of alkyl halides is 3. The van der Waals surface area contributed by atoms with Crippen molar-refractivity contribution >= 4 is 17.8 Å². The highest BCUT2D eigenvalue weighted by molar-refractivity contribution is 6.10. The molecule has 10 heteroatoms. The highest BCUT2D eigenvalue weighted by Crippen LogP contribution is 2.43. The number of rotatable bonds is 4. The Hall–Kier alpha value is -2.62. The van der Waals surface area contributed by atoms with E-state index in [4.69, 9.17) is 14.9 Å². The summed E-state index contributed by atoms with van der Waals surface area (Å²) in [5, 5.41) is 10.4. The van der Waals surface area contributed by atoms with Crippen LogP contribution in [0.3, 0.4) is 0 Å². The van der Waals surface area contributed by atoms with Crippen LogP contribution in [0.5, 0.6) is 0 Å². The molecule has 2 aliphatic heterocycles. The molecule has 2 heterocycles. The number of amidine groups is 1. The number of carboxylic acids is 1. The van der Waals surface area contributed by atoms with Crippen LogP contribution in [0.1, 0.15) is 76.7 Å². The van der Waals surface area contributed by atoms with Gasteiger partial charge in [-0.15, -0.1) is 0 Å². The molecule has 0 unspecified atom stereocenters. The number of nitrogens with one attached hydrogen (secondary N) is 1. The Morgan fingerprint density at radius 1 is 1.11 bits per heavy atom. The maximum Gasteiger partial charge on any atom is 0.490 e. The number of urea groups is 1. The van der Waals surface area contributed by atoms with E-state index in [1.807, 2.05) is 0 Å². The molecule has 1 aromatic rings. The standard InChI is InChI=1S/C25H36N4O.C2HF3O2/c1-19-17-25(15-16-28(19)18-20-9-4-2-5-10-20)23(26-21-11-6-3-7-12-21)27-24(30)29(25)22-13-8-14-22;3-2(4,5)1(6)7/h2,4-5,9-10,19,21-22H,3,6-8,11-18H2,1H3,(H,26,27,30);(H,6,7)/t19-,25+;/m0./s1. The predicted molar refractivity (Wildman–Crippen MR) is 134 cm³/mol. The first-order valence-corrected chi connectivity index (χ1v) is 13.4. The van der Waals surface area contributed by atoms with Crippen LogP contribution >= 0.6 is 0 Å². The van der Waals surface area contributed by atoms with Crippen LogP contribution in [-0.4, -0.2) is 69.1 Å². The minimum absolute atomic E-state index is 0.109. The van der Waals surface area contributed by atoms with Crippen molar-refractivity contribution in [2.45, 2.75) is 108 Å². The number of hydrogen-bond donors (Lipinski definition) is 2. The lowest BCUT2D eigenvalue weighted by Crippen LogP contribution is -2.62. The van der Waals surface area contributed by atoms with Crippen molar-refractivity contribution in [2.24, 2.45) is 4.99 Å². The second-order valence-electron chi connectivity index (χ2n) is 10.7. The fraction of sp³-hybridized carbons (Fsp3) is 0.667. The summed E-state index contributed by atoms with van der Waals surface area (Å²) in [4.78, 5) is 32.1. The molecular formula is C27H37F3N4O3. The summed E-state index contributed by atoms with van der Waals surface area (Å²) in [6.07, 6.45) is 6.66. The zero-order chi connectivity index (χ0) is 26.6. The molecule has 7 nitrogen and oxygen atoms in total. The number of aliphatic imine (C=N–C) groups is 1. The number of nitrogens with zero attached hydrogens (tertiary/aromatic N) is 3. The van der Waals surface area contributed by atoms with Gasteiger partial charge in [-0.3, -0.25) is 15.2 Å². The fourth-order valence-corrected chi connectivity index (χ4v) is 6.05. The second kappa shape index (κ2) is 11.4. The maximum absolute atomic E-state index is 13.1. The molecule has 4 fully saturated rings. The van der Waals surface area contributed by atoms with Gasteiger partial charge in [0.2, 0.25) is 0 Å². The number of amides is 2. The molecule has 0 aromatic heterocycles. The molecule has 2 atom stereocenters. The van der Waals surface area contributed by atoms with Gasteiger partial charge in [-0.05, 0) is 57.4 Å². The first-order chi connectivity index (χ1) is 17.6. The monoisotopic (exact) mass is 522 g/mol. The van der Waals surface area contributed by atoms with Crippen molar-refractivity contribution in [3.63, 3.8) is 0 Å². The van der Waals surface area contributed by atoms with Crippen molar-refractivity contribution < 1.29 is 27.9 Å². The largest absolute Gasteiger partial charge is 0.490 e. The number of benzene rings is 1. The van der Waals surface area contributed by atoms with Gasteiger partial charge in [0.25, 0.3) is 0 Å². The van der Waals surface area contributed by atoms with E-state index >= 15 is 0 Å². The zero-order valence-electron chi connectivity index (χ0n) is 21.3. The molecule has 1 aromatic carbocycles. The summed E-state index contributed by atoms with van der Waals surface area (Å²) >= 11 is 0. The summed E-state index contributed by atoms with van der Waals surface area (Å²) in [5.74, 6) is -1.76. The summed E-state index contributed by atoms with van der Waals surface area (Å²) in [6.45, 7) is 4.33. The Balaban J connectivity index is 0.000000405. The summed E-state index contributed by atoms with van der Waals surface area (Å²) in [5.41, 5.74) is 1.15. The lowest BCUT2D eigenvalue weighted by atomic mass is 9.78. The molecule has 5 rings (SSSR count). The van der Waals surface area contributed by atoms with Crippen LogP contribution in [0.15, 0.2) is 35.3 Å². The number of hydrogen-bond acceptors (Lipinski definition) is 4. The number of carbonyl (C=O) groups excluding carboxylic acids is 1. The van der Waals surface area contributed by atoms with E-state index in [1.165, 1.54) is 44.1 Å². The van der Waals surface area contributed by atoms with Gasteiger partial charge in [-0.1, -0.05) is 49.6 Å². The van der Waals surface area contributed by atoms with Gasteiger partial charge in [0.1, 0.15) is 11.4 Å². The van der Waals surface area contributed by atoms with Gasteiger partial charge in [0.15, 0.2) is 0 Å². The van der Waals surface area contributed by atoms with E-state index in [2.05, 4.69) is 52.4 Å². The lowest BCUT2D eigenvalue weighted by molar-refractivity contribution is -0.192. The SMILES string of the molecule is C[C@H]1C[C@]2(CCN1Cc1ccccc1)C(=NC1CCCCC1)NC(=O)N2C1CCC1.O=C(O)C(F)(F)F. The Bertz CT molecular complexity index is 977. The Morgan fingerprint density at radius 2 is 1.76 bits per heavy atom. The zero-order valence-corrected chi connectivity index (χ0v) is 21.3. The number of piperidine rings is 1. The highest BCUT2D eigenvalue weighted by atomic mass is 19.4. The van der Waals surface area contributed by atoms with Crippen LogP contribution < -0.4 is 5.32 Å². The number of aliphatic carboxylic acids is 1. The number of halogens is 3. The van der Waals surface area contributed by atoms with Gasteiger partial charge < -0.3 is 10.0 Å². The molecule has 2 saturated carbocycles. The molecule has 2 aliphatic carbocycles. The third-order valence-electron chi connectivity index (χ3n) is 8.21. The van der Waals surface area contributed by atoms with Crippen LogP contribution in [-0.2, 0) is 11.3 Å². The lowest BCUT2D eigenvalue weighted by Gasteiger charge is -2.51. The minimum Gasteiger partial charge on any atom is -0.475 e. The van der Waals surface area contributed by atoms with Crippen molar-refractivity contribution in [1.82, 2.24) is 15.1 Å². The third-order valence-corrected chi connectivity index (χ3v) is 8.21. The molecule has 2 amide bonds. The molecule has 2 saturated heterocycles. The molecule has 37 heavy (non-hydrogen) atoms. The summed E-state index contributed by atoms with van der Waals surface area (Å²) < 4.78 is 31.7. The third kappa shape index (κ3) is 6.27. The summed E-state index contributed by atoms with van der Waals surface area (Å²) in [7, 11) is 0. The Morgan fingerprint density at radius 3 is 2.30 bits per heavy atom. The van der Waals surface area contributed by atoms with Crippen LogP contribution in [0.25, 0.3) is 0 Å². The number of carbonyl (C=O) groups is 2. The quantitative estimate of drug-likeness (QED) is 0.558. The van der Waals surface area contributed by atoms with E-state index in [9.17, 15) is 18.0 Å². The first-order valence-electron chi connectivity index (χ1n) is 13.4. The molecule has 204 valence electrons.